The summed E-state index contributed by atoms with van der Waals surface area (Å²) in [6.07, 6.45) is 0.655. The number of rotatable bonds is 6. The molecule has 1 heterocycles. The van der Waals surface area contributed by atoms with E-state index in [2.05, 4.69) is 21.2 Å². The standard InChI is InChI=1S/C11H17BrN2O3S2/c1-4-5-14(7-9(15)13-3)19(16,17)10-6-8(2)11(12)18-10/h6H,4-5,7H2,1-3H3,(H,13,15). The topological polar surface area (TPSA) is 66.5 Å². The molecule has 0 spiro atoms. The van der Waals surface area contributed by atoms with Gasteiger partial charge in [0, 0.05) is 13.6 Å². The van der Waals surface area contributed by atoms with Crippen LogP contribution in [0.5, 0.6) is 0 Å². The van der Waals surface area contributed by atoms with E-state index in [1.165, 1.54) is 22.7 Å². The molecule has 0 aliphatic heterocycles. The third-order valence-electron chi connectivity index (χ3n) is 2.50. The maximum absolute atomic E-state index is 12.5. The first-order valence-electron chi connectivity index (χ1n) is 5.79. The lowest BCUT2D eigenvalue weighted by atomic mass is 10.4. The van der Waals surface area contributed by atoms with Crippen LogP contribution in [0, 0.1) is 6.92 Å². The highest BCUT2D eigenvalue weighted by molar-refractivity contribution is 9.11. The lowest BCUT2D eigenvalue weighted by molar-refractivity contribution is -0.120. The molecule has 1 aromatic rings. The summed E-state index contributed by atoms with van der Waals surface area (Å²) in [4.78, 5) is 11.4. The van der Waals surface area contributed by atoms with E-state index < -0.39 is 10.0 Å². The maximum atomic E-state index is 12.5. The predicted molar refractivity (Wildman–Crippen MR) is 79.9 cm³/mol. The van der Waals surface area contributed by atoms with Gasteiger partial charge in [0.05, 0.1) is 10.3 Å². The predicted octanol–water partition coefficient (Wildman–Crippen LogP) is 1.97. The van der Waals surface area contributed by atoms with Crippen LogP contribution in [0.15, 0.2) is 14.1 Å². The highest BCUT2D eigenvalue weighted by Gasteiger charge is 2.27. The summed E-state index contributed by atoms with van der Waals surface area (Å²) >= 11 is 4.48. The van der Waals surface area contributed by atoms with Crippen LogP contribution >= 0.6 is 27.3 Å². The van der Waals surface area contributed by atoms with Crippen LogP contribution < -0.4 is 5.32 Å². The van der Waals surface area contributed by atoms with Gasteiger partial charge in [-0.25, -0.2) is 8.42 Å². The summed E-state index contributed by atoms with van der Waals surface area (Å²) in [6.45, 7) is 3.88. The van der Waals surface area contributed by atoms with Crippen LogP contribution in [0.2, 0.25) is 0 Å². The molecule has 0 aliphatic rings. The molecule has 0 saturated heterocycles. The summed E-state index contributed by atoms with van der Waals surface area (Å²) in [5.41, 5.74) is 0.875. The number of nitrogens with one attached hydrogen (secondary N) is 1. The fourth-order valence-corrected chi connectivity index (χ4v) is 5.33. The number of carbonyl (C=O) groups excluding carboxylic acids is 1. The monoisotopic (exact) mass is 368 g/mol. The molecule has 108 valence electrons. The Labute approximate surface area is 126 Å². The van der Waals surface area contributed by atoms with Crippen molar-refractivity contribution in [2.24, 2.45) is 0 Å². The molecule has 1 amide bonds. The van der Waals surface area contributed by atoms with Gasteiger partial charge in [-0.1, -0.05) is 6.92 Å². The quantitative estimate of drug-likeness (QED) is 0.834. The van der Waals surface area contributed by atoms with Crippen LogP contribution in [-0.2, 0) is 14.8 Å². The zero-order chi connectivity index (χ0) is 14.6. The summed E-state index contributed by atoms with van der Waals surface area (Å²) in [5, 5.41) is 2.44. The van der Waals surface area contributed by atoms with E-state index in [-0.39, 0.29) is 16.7 Å². The van der Waals surface area contributed by atoms with Gasteiger partial charge in [0.2, 0.25) is 5.91 Å². The molecule has 1 aromatic heterocycles. The second-order valence-corrected chi connectivity index (χ2v) is 8.57. The van der Waals surface area contributed by atoms with E-state index >= 15 is 0 Å². The molecule has 0 aliphatic carbocycles. The maximum Gasteiger partial charge on any atom is 0.253 e. The van der Waals surface area contributed by atoms with Gasteiger partial charge in [-0.05, 0) is 40.9 Å². The Kier molecular flexibility index (Phi) is 5.97. The number of likely N-dealkylation sites (N-methyl/N-ethyl adjacent to an activating group) is 1. The van der Waals surface area contributed by atoms with E-state index in [1.54, 1.807) is 6.07 Å². The van der Waals surface area contributed by atoms with Gasteiger partial charge in [0.15, 0.2) is 0 Å². The molecule has 0 aromatic carbocycles. The fraction of sp³-hybridized carbons (Fsp3) is 0.545. The Morgan fingerprint density at radius 3 is 2.58 bits per heavy atom. The second-order valence-electron chi connectivity index (χ2n) is 4.03. The highest BCUT2D eigenvalue weighted by Crippen LogP contribution is 2.32. The lowest BCUT2D eigenvalue weighted by Gasteiger charge is -2.19. The summed E-state index contributed by atoms with van der Waals surface area (Å²) in [5.74, 6) is -0.315. The van der Waals surface area contributed by atoms with Crippen molar-refractivity contribution in [1.82, 2.24) is 9.62 Å². The molecule has 0 bridgehead atoms. The molecular formula is C11H17BrN2O3S2. The number of halogens is 1. The Balaban J connectivity index is 3.08. The smallest absolute Gasteiger partial charge is 0.253 e. The van der Waals surface area contributed by atoms with Gasteiger partial charge in [0.25, 0.3) is 10.0 Å². The van der Waals surface area contributed by atoms with Crippen LogP contribution in [0.3, 0.4) is 0 Å². The first-order chi connectivity index (χ1) is 8.82. The Morgan fingerprint density at radius 1 is 1.53 bits per heavy atom. The zero-order valence-electron chi connectivity index (χ0n) is 11.1. The Bertz CT molecular complexity index is 535. The first-order valence-corrected chi connectivity index (χ1v) is 8.84. The second kappa shape index (κ2) is 6.83. The van der Waals surface area contributed by atoms with E-state index in [1.807, 2.05) is 13.8 Å². The minimum Gasteiger partial charge on any atom is -0.358 e. The van der Waals surface area contributed by atoms with Crippen molar-refractivity contribution in [3.05, 3.63) is 15.4 Å². The number of carbonyl (C=O) groups is 1. The molecule has 0 unspecified atom stereocenters. The van der Waals surface area contributed by atoms with Gasteiger partial charge in [0.1, 0.15) is 4.21 Å². The molecule has 0 radical (unpaired) electrons. The highest BCUT2D eigenvalue weighted by atomic mass is 79.9. The van der Waals surface area contributed by atoms with Gasteiger partial charge in [-0.3, -0.25) is 4.79 Å². The molecule has 0 fully saturated rings. The zero-order valence-corrected chi connectivity index (χ0v) is 14.3. The van der Waals surface area contributed by atoms with Crippen molar-refractivity contribution in [2.45, 2.75) is 24.5 Å². The number of thiophene rings is 1. The van der Waals surface area contributed by atoms with Gasteiger partial charge in [-0.2, -0.15) is 4.31 Å². The third-order valence-corrected chi connectivity index (χ3v) is 6.93. The average molecular weight is 369 g/mol. The van der Waals surface area contributed by atoms with Gasteiger partial charge in [-0.15, -0.1) is 11.3 Å². The van der Waals surface area contributed by atoms with Gasteiger partial charge < -0.3 is 5.32 Å². The molecule has 0 atom stereocenters. The minimum atomic E-state index is -3.61. The van der Waals surface area contributed by atoms with Crippen molar-refractivity contribution in [3.63, 3.8) is 0 Å². The number of hydrogen-bond donors (Lipinski definition) is 1. The molecule has 5 nitrogen and oxygen atoms in total. The van der Waals surface area contributed by atoms with E-state index in [4.69, 9.17) is 0 Å². The van der Waals surface area contributed by atoms with Crippen LogP contribution in [0.1, 0.15) is 18.9 Å². The lowest BCUT2D eigenvalue weighted by Crippen LogP contribution is -2.39. The number of sulfonamides is 1. The van der Waals surface area contributed by atoms with Crippen molar-refractivity contribution in [3.8, 4) is 0 Å². The normalized spacial score (nSPS) is 11.8. The van der Waals surface area contributed by atoms with Crippen LogP contribution in [0.25, 0.3) is 0 Å². The summed E-state index contributed by atoms with van der Waals surface area (Å²) < 4.78 is 27.2. The molecule has 0 saturated carbocycles. The summed E-state index contributed by atoms with van der Waals surface area (Å²) in [7, 11) is -2.12. The number of aryl methyl sites for hydroxylation is 1. The molecule has 1 rings (SSSR count). The third kappa shape index (κ3) is 4.01. The van der Waals surface area contributed by atoms with Crippen molar-refractivity contribution >= 4 is 43.2 Å². The first kappa shape index (κ1) is 16.6. The Morgan fingerprint density at radius 2 is 2.16 bits per heavy atom. The average Bonchev–Trinajstić information content (AvgIpc) is 2.69. The van der Waals surface area contributed by atoms with Crippen LogP contribution in [-0.4, -0.2) is 38.8 Å². The van der Waals surface area contributed by atoms with Crippen molar-refractivity contribution in [1.29, 1.82) is 0 Å². The number of hydrogen-bond acceptors (Lipinski definition) is 4. The van der Waals surface area contributed by atoms with Crippen LogP contribution in [0.4, 0.5) is 0 Å². The molecule has 1 N–H and O–H groups in total. The Hall–Kier alpha value is -0.440. The fourth-order valence-electron chi connectivity index (χ4n) is 1.46. The number of nitrogens with zero attached hydrogens (tertiary/aromatic N) is 1. The number of amides is 1. The minimum absolute atomic E-state index is 0.152. The molecular weight excluding hydrogens is 352 g/mol. The summed E-state index contributed by atoms with van der Waals surface area (Å²) in [6, 6.07) is 1.62. The van der Waals surface area contributed by atoms with Gasteiger partial charge >= 0.3 is 0 Å². The molecule has 19 heavy (non-hydrogen) atoms. The molecule has 8 heteroatoms. The van der Waals surface area contributed by atoms with E-state index in [0.29, 0.717) is 13.0 Å². The SMILES string of the molecule is CCCN(CC(=O)NC)S(=O)(=O)c1cc(C)c(Br)s1. The van der Waals surface area contributed by atoms with E-state index in [0.717, 1.165) is 9.35 Å². The van der Waals surface area contributed by atoms with Crippen molar-refractivity contribution in [2.75, 3.05) is 20.1 Å². The van der Waals surface area contributed by atoms with Crippen molar-refractivity contribution < 1.29 is 13.2 Å². The largest absolute Gasteiger partial charge is 0.358 e. The van der Waals surface area contributed by atoms with E-state index in [9.17, 15) is 13.2 Å².